The predicted octanol–water partition coefficient (Wildman–Crippen LogP) is 0.0342. The number of carbonyl (C=O) groups excluding carboxylic acids is 1. The number of Topliss-reactive ketones (excluding diaryl/α,β-unsaturated/α-hetero) is 1. The first-order valence-electron chi connectivity index (χ1n) is 3.99. The molecule has 4 nitrogen and oxygen atoms in total. The van der Waals surface area contributed by atoms with E-state index in [9.17, 15) is 13.2 Å². The van der Waals surface area contributed by atoms with Crippen LogP contribution in [0.2, 0.25) is 0 Å². The van der Waals surface area contributed by atoms with Crippen LogP contribution in [0.4, 0.5) is 0 Å². The summed E-state index contributed by atoms with van der Waals surface area (Å²) in [5.41, 5.74) is 0. The highest BCUT2D eigenvalue weighted by Crippen LogP contribution is 2.27. The van der Waals surface area contributed by atoms with Crippen molar-refractivity contribution in [3.05, 3.63) is 0 Å². The molecular weight excluding hydrogens is 178 g/mol. The molecule has 0 aromatic carbocycles. The third kappa shape index (κ3) is 3.32. The lowest BCUT2D eigenvalue weighted by Crippen LogP contribution is -2.24. The van der Waals surface area contributed by atoms with Gasteiger partial charge in [0.1, 0.15) is 5.78 Å². The Balaban J connectivity index is 2.08. The first-order chi connectivity index (χ1) is 5.47. The zero-order chi connectivity index (χ0) is 9.19. The van der Waals surface area contributed by atoms with E-state index in [1.165, 1.54) is 0 Å². The number of ketones is 1. The molecule has 1 fully saturated rings. The Labute approximate surface area is 72.2 Å². The van der Waals surface area contributed by atoms with E-state index in [0.29, 0.717) is 25.2 Å². The molecule has 0 spiro atoms. The van der Waals surface area contributed by atoms with Gasteiger partial charge >= 0.3 is 0 Å². The standard InChI is InChI=1S/C7H13NO3S/c8-12(10,11)3-1-2-6-4-7(9)5-6/h6H,1-5H2,(H2,8,10,11). The summed E-state index contributed by atoms with van der Waals surface area (Å²) in [4.78, 5) is 10.5. The van der Waals surface area contributed by atoms with Crippen molar-refractivity contribution >= 4 is 15.8 Å². The number of sulfonamides is 1. The molecule has 2 N–H and O–H groups in total. The molecule has 0 aliphatic heterocycles. The maximum Gasteiger partial charge on any atom is 0.209 e. The van der Waals surface area contributed by atoms with Crippen molar-refractivity contribution in [1.82, 2.24) is 0 Å². The molecule has 0 unspecified atom stereocenters. The Morgan fingerprint density at radius 2 is 2.00 bits per heavy atom. The van der Waals surface area contributed by atoms with Crippen molar-refractivity contribution < 1.29 is 13.2 Å². The molecule has 1 rings (SSSR count). The molecule has 0 aromatic rings. The second-order valence-electron chi connectivity index (χ2n) is 3.32. The van der Waals surface area contributed by atoms with Gasteiger partial charge in [-0.1, -0.05) is 0 Å². The summed E-state index contributed by atoms with van der Waals surface area (Å²) < 4.78 is 21.0. The molecule has 0 saturated heterocycles. The van der Waals surface area contributed by atoms with Gasteiger partial charge in [-0.25, -0.2) is 13.6 Å². The third-order valence-electron chi connectivity index (χ3n) is 2.07. The van der Waals surface area contributed by atoms with Crippen molar-refractivity contribution in [2.24, 2.45) is 11.1 Å². The largest absolute Gasteiger partial charge is 0.300 e. The van der Waals surface area contributed by atoms with Gasteiger partial charge in [0, 0.05) is 12.8 Å². The second-order valence-corrected chi connectivity index (χ2v) is 5.06. The number of carbonyl (C=O) groups is 1. The molecule has 12 heavy (non-hydrogen) atoms. The van der Waals surface area contributed by atoms with Crippen LogP contribution >= 0.6 is 0 Å². The van der Waals surface area contributed by atoms with Gasteiger partial charge in [-0.15, -0.1) is 0 Å². The number of nitrogens with two attached hydrogens (primary N) is 1. The van der Waals surface area contributed by atoms with E-state index >= 15 is 0 Å². The average Bonchev–Trinajstić information content (AvgIpc) is 1.81. The lowest BCUT2D eigenvalue weighted by molar-refractivity contribution is -0.126. The summed E-state index contributed by atoms with van der Waals surface area (Å²) in [7, 11) is -3.30. The molecule has 0 bridgehead atoms. The Kier molecular flexibility index (Phi) is 2.85. The number of hydrogen-bond acceptors (Lipinski definition) is 3. The zero-order valence-corrected chi connectivity index (χ0v) is 7.64. The van der Waals surface area contributed by atoms with Crippen LogP contribution in [0.15, 0.2) is 0 Å². The zero-order valence-electron chi connectivity index (χ0n) is 6.82. The molecular formula is C7H13NO3S. The Bertz CT molecular complexity index is 262. The van der Waals surface area contributed by atoms with Gasteiger partial charge in [-0.2, -0.15) is 0 Å². The maximum atomic E-state index is 10.5. The highest BCUT2D eigenvalue weighted by Gasteiger charge is 2.25. The highest BCUT2D eigenvalue weighted by molar-refractivity contribution is 7.89. The molecule has 0 aromatic heterocycles. The van der Waals surface area contributed by atoms with Crippen LogP contribution in [0, 0.1) is 5.92 Å². The minimum atomic E-state index is -3.30. The second kappa shape index (κ2) is 3.53. The molecule has 1 aliphatic carbocycles. The lowest BCUT2D eigenvalue weighted by Gasteiger charge is -2.23. The molecule has 70 valence electrons. The van der Waals surface area contributed by atoms with Crippen LogP contribution in [0.3, 0.4) is 0 Å². The van der Waals surface area contributed by atoms with Crippen LogP contribution in [0.5, 0.6) is 0 Å². The molecule has 0 radical (unpaired) electrons. The van der Waals surface area contributed by atoms with E-state index in [-0.39, 0.29) is 11.5 Å². The average molecular weight is 191 g/mol. The quantitative estimate of drug-likeness (QED) is 0.681. The van der Waals surface area contributed by atoms with Crippen LogP contribution in [0.25, 0.3) is 0 Å². The van der Waals surface area contributed by atoms with Crippen LogP contribution in [0.1, 0.15) is 25.7 Å². The van der Waals surface area contributed by atoms with Gasteiger partial charge in [0.05, 0.1) is 5.75 Å². The minimum Gasteiger partial charge on any atom is -0.300 e. The van der Waals surface area contributed by atoms with Crippen LogP contribution in [-0.4, -0.2) is 20.0 Å². The van der Waals surface area contributed by atoms with Crippen molar-refractivity contribution in [1.29, 1.82) is 0 Å². The van der Waals surface area contributed by atoms with Crippen molar-refractivity contribution in [3.8, 4) is 0 Å². The van der Waals surface area contributed by atoms with E-state index in [2.05, 4.69) is 0 Å². The normalized spacial score (nSPS) is 19.2. The van der Waals surface area contributed by atoms with E-state index in [0.717, 1.165) is 6.42 Å². The van der Waals surface area contributed by atoms with Gasteiger partial charge < -0.3 is 0 Å². The smallest absolute Gasteiger partial charge is 0.209 e. The van der Waals surface area contributed by atoms with Gasteiger partial charge in [-0.3, -0.25) is 4.79 Å². The fourth-order valence-electron chi connectivity index (χ4n) is 1.36. The SMILES string of the molecule is NS(=O)(=O)CCCC1CC(=O)C1. The Morgan fingerprint density at radius 1 is 1.42 bits per heavy atom. The summed E-state index contributed by atoms with van der Waals surface area (Å²) in [6.07, 6.45) is 2.65. The van der Waals surface area contributed by atoms with E-state index < -0.39 is 10.0 Å². The van der Waals surface area contributed by atoms with E-state index in [1.54, 1.807) is 0 Å². The van der Waals surface area contributed by atoms with Gasteiger partial charge in [0.15, 0.2) is 0 Å². The first-order valence-corrected chi connectivity index (χ1v) is 5.71. The molecule has 1 saturated carbocycles. The summed E-state index contributed by atoms with van der Waals surface area (Å²) in [5.74, 6) is 0.743. The Hall–Kier alpha value is -0.420. The topological polar surface area (TPSA) is 77.2 Å². The first kappa shape index (κ1) is 9.67. The maximum absolute atomic E-state index is 10.5. The predicted molar refractivity (Wildman–Crippen MR) is 44.9 cm³/mol. The van der Waals surface area contributed by atoms with Crippen molar-refractivity contribution in [3.63, 3.8) is 0 Å². The Morgan fingerprint density at radius 3 is 2.42 bits per heavy atom. The van der Waals surface area contributed by atoms with Gasteiger partial charge in [0.2, 0.25) is 10.0 Å². The summed E-state index contributed by atoms with van der Waals surface area (Å²) >= 11 is 0. The summed E-state index contributed by atoms with van der Waals surface area (Å²) in [6.45, 7) is 0. The third-order valence-corrected chi connectivity index (χ3v) is 2.93. The van der Waals surface area contributed by atoms with Gasteiger partial charge in [0.25, 0.3) is 0 Å². The van der Waals surface area contributed by atoms with Gasteiger partial charge in [-0.05, 0) is 18.8 Å². The molecule has 1 aliphatic rings. The molecule has 0 atom stereocenters. The monoisotopic (exact) mass is 191 g/mol. The number of rotatable bonds is 4. The lowest BCUT2D eigenvalue weighted by atomic mass is 9.81. The van der Waals surface area contributed by atoms with E-state index in [1.807, 2.05) is 0 Å². The molecule has 0 amide bonds. The number of hydrogen-bond donors (Lipinski definition) is 1. The highest BCUT2D eigenvalue weighted by atomic mass is 32.2. The summed E-state index contributed by atoms with van der Waals surface area (Å²) in [5, 5.41) is 4.81. The van der Waals surface area contributed by atoms with Crippen molar-refractivity contribution in [2.75, 3.05) is 5.75 Å². The van der Waals surface area contributed by atoms with Crippen LogP contribution < -0.4 is 5.14 Å². The number of primary sulfonamides is 1. The van der Waals surface area contributed by atoms with Crippen LogP contribution in [-0.2, 0) is 14.8 Å². The fraction of sp³-hybridized carbons (Fsp3) is 0.857. The molecule has 0 heterocycles. The summed E-state index contributed by atoms with van der Waals surface area (Å²) in [6, 6.07) is 0. The van der Waals surface area contributed by atoms with E-state index in [4.69, 9.17) is 5.14 Å². The molecule has 5 heteroatoms. The fourth-order valence-corrected chi connectivity index (χ4v) is 1.93. The van der Waals surface area contributed by atoms with Crippen molar-refractivity contribution in [2.45, 2.75) is 25.7 Å². The minimum absolute atomic E-state index is 0.0394.